The molecule has 0 saturated carbocycles. The van der Waals surface area contributed by atoms with Crippen LogP contribution >= 0.6 is 0 Å². The summed E-state index contributed by atoms with van der Waals surface area (Å²) < 4.78 is 5.76. The Bertz CT molecular complexity index is 658. The van der Waals surface area contributed by atoms with Crippen LogP contribution in [0, 0.1) is 18.3 Å². The number of carbonyl (C=O) groups excluding carboxylic acids is 1. The molecule has 0 spiro atoms. The van der Waals surface area contributed by atoms with Crippen LogP contribution in [0.15, 0.2) is 35.4 Å². The molecule has 120 valence electrons. The molecular weight excluding hydrogens is 288 g/mol. The molecule has 2 unspecified atom stereocenters. The second-order valence-electron chi connectivity index (χ2n) is 6.75. The molecule has 0 bridgehead atoms. The fraction of sp³-hybridized carbons (Fsp3) is 0.474. The number of amides is 1. The highest BCUT2D eigenvalue weighted by atomic mass is 16.5. The summed E-state index contributed by atoms with van der Waals surface area (Å²) in [5.74, 6) is 2.31. The number of ether oxygens (including phenoxy) is 1. The molecule has 2 aliphatic heterocycles. The van der Waals surface area contributed by atoms with Gasteiger partial charge in [0.2, 0.25) is 0 Å². The van der Waals surface area contributed by atoms with Crippen molar-refractivity contribution in [1.82, 2.24) is 5.01 Å². The number of hydrogen-bond acceptors (Lipinski definition) is 3. The third-order valence-electron chi connectivity index (χ3n) is 4.48. The van der Waals surface area contributed by atoms with Gasteiger partial charge in [-0.15, -0.1) is 12.3 Å². The van der Waals surface area contributed by atoms with Gasteiger partial charge >= 0.3 is 0 Å². The average Bonchev–Trinajstić information content (AvgIpc) is 2.85. The topological polar surface area (TPSA) is 41.9 Å². The summed E-state index contributed by atoms with van der Waals surface area (Å²) in [6.07, 6.45) is 7.46. The summed E-state index contributed by atoms with van der Waals surface area (Å²) in [7, 11) is 0. The van der Waals surface area contributed by atoms with Crippen LogP contribution in [0.25, 0.3) is 0 Å². The summed E-state index contributed by atoms with van der Waals surface area (Å²) in [4.78, 5) is 12.9. The molecule has 2 heterocycles. The van der Waals surface area contributed by atoms with Gasteiger partial charge in [0.1, 0.15) is 0 Å². The van der Waals surface area contributed by atoms with Crippen molar-refractivity contribution in [3.63, 3.8) is 0 Å². The Hall–Kier alpha value is -2.12. The van der Waals surface area contributed by atoms with Crippen LogP contribution in [0.1, 0.15) is 38.7 Å². The lowest BCUT2D eigenvalue weighted by Crippen LogP contribution is -2.45. The lowest BCUT2D eigenvalue weighted by Gasteiger charge is -2.38. The number of nitrogens with zero attached hydrogens (tertiary/aromatic N) is 2. The van der Waals surface area contributed by atoms with Crippen molar-refractivity contribution in [2.24, 2.45) is 11.0 Å². The van der Waals surface area contributed by atoms with Gasteiger partial charge in [0.25, 0.3) is 5.91 Å². The second-order valence-corrected chi connectivity index (χ2v) is 6.75. The van der Waals surface area contributed by atoms with Crippen LogP contribution in [0.4, 0.5) is 0 Å². The zero-order chi connectivity index (χ0) is 16.4. The molecule has 0 radical (unpaired) electrons. The second kappa shape index (κ2) is 6.17. The van der Waals surface area contributed by atoms with Crippen molar-refractivity contribution in [1.29, 1.82) is 0 Å². The van der Waals surface area contributed by atoms with Gasteiger partial charge in [-0.05, 0) is 32.3 Å². The predicted octanol–water partition coefficient (Wildman–Crippen LogP) is 2.83. The first-order valence-corrected chi connectivity index (χ1v) is 8.06. The van der Waals surface area contributed by atoms with Gasteiger partial charge in [-0.25, -0.2) is 5.01 Å². The van der Waals surface area contributed by atoms with E-state index in [1.807, 2.05) is 30.3 Å². The third-order valence-corrected chi connectivity index (χ3v) is 4.48. The number of hydrazone groups is 1. The molecule has 2 aliphatic rings. The van der Waals surface area contributed by atoms with Crippen molar-refractivity contribution in [2.75, 3.05) is 6.61 Å². The lowest BCUT2D eigenvalue weighted by molar-refractivity contribution is -0.140. The molecule has 0 N–H and O–H groups in total. The lowest BCUT2D eigenvalue weighted by atomic mass is 9.91. The number of benzene rings is 1. The minimum atomic E-state index is -0.339. The SMILES string of the molecule is C#CCC1C(=O)N(C2CCOC(C)(C)C2)N=C1c1ccccc1. The Balaban J connectivity index is 1.91. The Morgan fingerprint density at radius 1 is 1.39 bits per heavy atom. The summed E-state index contributed by atoms with van der Waals surface area (Å²) in [5.41, 5.74) is 1.53. The molecule has 23 heavy (non-hydrogen) atoms. The Morgan fingerprint density at radius 2 is 2.13 bits per heavy atom. The van der Waals surface area contributed by atoms with Crippen molar-refractivity contribution >= 4 is 11.6 Å². The van der Waals surface area contributed by atoms with Gasteiger partial charge in [-0.3, -0.25) is 4.79 Å². The normalized spacial score (nSPS) is 26.7. The monoisotopic (exact) mass is 310 g/mol. The largest absolute Gasteiger partial charge is 0.375 e. The minimum Gasteiger partial charge on any atom is -0.375 e. The van der Waals surface area contributed by atoms with E-state index < -0.39 is 0 Å². The number of rotatable bonds is 3. The van der Waals surface area contributed by atoms with Gasteiger partial charge in [0.15, 0.2) is 0 Å². The molecule has 0 aliphatic carbocycles. The Kier molecular flexibility index (Phi) is 4.23. The molecule has 3 rings (SSSR count). The smallest absolute Gasteiger partial charge is 0.253 e. The summed E-state index contributed by atoms with van der Waals surface area (Å²) in [6.45, 7) is 4.76. The fourth-order valence-electron chi connectivity index (χ4n) is 3.35. The molecule has 1 fully saturated rings. The first-order valence-electron chi connectivity index (χ1n) is 8.06. The first kappa shape index (κ1) is 15.8. The molecule has 4 nitrogen and oxygen atoms in total. The maximum absolute atomic E-state index is 12.9. The number of terminal acetylenes is 1. The van der Waals surface area contributed by atoms with Gasteiger partial charge in [0, 0.05) is 13.0 Å². The number of hydrogen-bond donors (Lipinski definition) is 0. The minimum absolute atomic E-state index is 0.0181. The quantitative estimate of drug-likeness (QED) is 0.806. The number of carbonyl (C=O) groups is 1. The molecule has 0 aromatic heterocycles. The standard InChI is InChI=1S/C19H22N2O2/c1-4-8-16-17(14-9-6-5-7-10-14)20-21(18(16)22)15-11-12-23-19(2,3)13-15/h1,5-7,9-10,15-16H,8,11-13H2,2-3H3. The highest BCUT2D eigenvalue weighted by Crippen LogP contribution is 2.32. The van der Waals surface area contributed by atoms with E-state index in [4.69, 9.17) is 11.2 Å². The predicted molar refractivity (Wildman–Crippen MR) is 89.8 cm³/mol. The van der Waals surface area contributed by atoms with Crippen LogP contribution in [-0.2, 0) is 9.53 Å². The van der Waals surface area contributed by atoms with Crippen molar-refractivity contribution in [3.8, 4) is 12.3 Å². The average molecular weight is 310 g/mol. The highest BCUT2D eigenvalue weighted by molar-refractivity contribution is 6.16. The van der Waals surface area contributed by atoms with Gasteiger partial charge in [-0.1, -0.05) is 30.3 Å². The van der Waals surface area contributed by atoms with Crippen LogP contribution in [0.2, 0.25) is 0 Å². The summed E-state index contributed by atoms with van der Waals surface area (Å²) in [6, 6.07) is 9.90. The molecule has 4 heteroatoms. The van der Waals surface area contributed by atoms with E-state index in [-0.39, 0.29) is 23.5 Å². The van der Waals surface area contributed by atoms with Gasteiger partial charge < -0.3 is 4.74 Å². The van der Waals surface area contributed by atoms with E-state index in [2.05, 4.69) is 24.9 Å². The highest BCUT2D eigenvalue weighted by Gasteiger charge is 2.42. The molecular formula is C19H22N2O2. The maximum atomic E-state index is 12.9. The molecule has 1 aromatic carbocycles. The zero-order valence-corrected chi connectivity index (χ0v) is 13.7. The van der Waals surface area contributed by atoms with Crippen LogP contribution in [0.3, 0.4) is 0 Å². The molecule has 2 atom stereocenters. The molecule has 1 amide bonds. The van der Waals surface area contributed by atoms with Crippen LogP contribution in [0.5, 0.6) is 0 Å². The molecule has 1 saturated heterocycles. The summed E-state index contributed by atoms with van der Waals surface area (Å²) >= 11 is 0. The molecule has 1 aromatic rings. The van der Waals surface area contributed by atoms with Crippen LogP contribution in [-0.4, -0.2) is 34.9 Å². The van der Waals surface area contributed by atoms with Crippen LogP contribution < -0.4 is 0 Å². The van der Waals surface area contributed by atoms with E-state index in [0.29, 0.717) is 13.0 Å². The van der Waals surface area contributed by atoms with E-state index in [9.17, 15) is 4.79 Å². The Labute approximate surface area is 137 Å². The third kappa shape index (κ3) is 3.16. The van der Waals surface area contributed by atoms with Crippen molar-refractivity contribution in [2.45, 2.75) is 44.8 Å². The van der Waals surface area contributed by atoms with Gasteiger partial charge in [0.05, 0.1) is 23.3 Å². The zero-order valence-electron chi connectivity index (χ0n) is 13.7. The van der Waals surface area contributed by atoms with Crippen molar-refractivity contribution < 1.29 is 9.53 Å². The van der Waals surface area contributed by atoms with Gasteiger partial charge in [-0.2, -0.15) is 5.10 Å². The fourth-order valence-corrected chi connectivity index (χ4v) is 3.35. The van der Waals surface area contributed by atoms with E-state index in [0.717, 1.165) is 24.1 Å². The van der Waals surface area contributed by atoms with E-state index in [1.54, 1.807) is 5.01 Å². The maximum Gasteiger partial charge on any atom is 0.253 e. The van der Waals surface area contributed by atoms with Crippen molar-refractivity contribution in [3.05, 3.63) is 35.9 Å². The van der Waals surface area contributed by atoms with E-state index in [1.165, 1.54) is 0 Å². The Morgan fingerprint density at radius 3 is 2.78 bits per heavy atom. The summed E-state index contributed by atoms with van der Waals surface area (Å²) in [5, 5.41) is 6.34. The van der Waals surface area contributed by atoms with E-state index >= 15 is 0 Å². The first-order chi connectivity index (χ1) is 11.0.